The molecule has 3 rings (SSSR count). The fraction of sp³-hybridized carbons (Fsp3) is 0.500. The van der Waals surface area contributed by atoms with Crippen molar-refractivity contribution in [3.05, 3.63) is 28.1 Å². The first kappa shape index (κ1) is 18.2. The number of amides is 1. The van der Waals surface area contributed by atoms with E-state index in [0.29, 0.717) is 36.5 Å². The van der Waals surface area contributed by atoms with E-state index in [0.717, 1.165) is 11.3 Å². The lowest BCUT2D eigenvalue weighted by atomic mass is 10.2. The van der Waals surface area contributed by atoms with Crippen molar-refractivity contribution in [1.29, 1.82) is 0 Å². The number of H-pyrrole nitrogens is 1. The summed E-state index contributed by atoms with van der Waals surface area (Å²) >= 11 is 6.28. The summed E-state index contributed by atoms with van der Waals surface area (Å²) in [4.78, 5) is 12.6. The van der Waals surface area contributed by atoms with Gasteiger partial charge in [0.15, 0.2) is 10.6 Å². The minimum absolute atomic E-state index is 0.198. The monoisotopic (exact) mass is 401 g/mol. The fourth-order valence-corrected chi connectivity index (χ4v) is 5.97. The molecule has 1 aliphatic rings. The van der Waals surface area contributed by atoms with E-state index >= 15 is 0 Å². The first-order valence-corrected chi connectivity index (χ1v) is 10.6. The number of aromatic nitrogens is 3. The van der Waals surface area contributed by atoms with E-state index in [1.54, 1.807) is 22.1 Å². The molecule has 0 radical (unpaired) electrons. The van der Waals surface area contributed by atoms with Crippen LogP contribution in [0.4, 0.5) is 0 Å². The Hall–Kier alpha value is -1.56. The number of nitrogens with one attached hydrogen (secondary N) is 2. The molecule has 1 unspecified atom stereocenters. The summed E-state index contributed by atoms with van der Waals surface area (Å²) in [6, 6.07) is 2.56. The zero-order valence-corrected chi connectivity index (χ0v) is 16.1. The van der Waals surface area contributed by atoms with E-state index in [9.17, 15) is 13.2 Å². The predicted octanol–water partition coefficient (Wildman–Crippen LogP) is 1.49. The molecule has 0 bridgehead atoms. The third-order valence-electron chi connectivity index (χ3n) is 4.14. The van der Waals surface area contributed by atoms with Crippen molar-refractivity contribution in [1.82, 2.24) is 24.4 Å². The molecule has 1 amide bonds. The number of sulfonamides is 1. The maximum atomic E-state index is 12.7. The molecule has 8 nitrogen and oxygen atoms in total. The summed E-state index contributed by atoms with van der Waals surface area (Å²) in [5.74, 6) is 0.306. The molecule has 0 aliphatic carbocycles. The maximum absolute atomic E-state index is 12.7. The van der Waals surface area contributed by atoms with Crippen LogP contribution in [-0.4, -0.2) is 46.0 Å². The Bertz CT molecular complexity index is 901. The minimum Gasteiger partial charge on any atom is -0.347 e. The van der Waals surface area contributed by atoms with Crippen LogP contribution in [0.25, 0.3) is 0 Å². The Balaban J connectivity index is 1.72. The van der Waals surface area contributed by atoms with Gasteiger partial charge in [-0.05, 0) is 43.4 Å². The van der Waals surface area contributed by atoms with Crippen molar-refractivity contribution >= 4 is 39.5 Å². The molecule has 2 aromatic heterocycles. The van der Waals surface area contributed by atoms with Gasteiger partial charge in [0.1, 0.15) is 10.3 Å². The van der Waals surface area contributed by atoms with Crippen molar-refractivity contribution < 1.29 is 13.2 Å². The molecule has 2 N–H and O–H groups in total. The van der Waals surface area contributed by atoms with Gasteiger partial charge in [-0.25, -0.2) is 8.42 Å². The van der Waals surface area contributed by atoms with Crippen LogP contribution in [0.2, 0.25) is 0 Å². The Morgan fingerprint density at radius 1 is 1.56 bits per heavy atom. The summed E-state index contributed by atoms with van der Waals surface area (Å²) < 4.78 is 29.3. The number of thiophene rings is 1. The van der Waals surface area contributed by atoms with Crippen LogP contribution in [0.5, 0.6) is 0 Å². The fourth-order valence-electron chi connectivity index (χ4n) is 2.91. The third-order valence-corrected chi connectivity index (χ3v) is 7.73. The van der Waals surface area contributed by atoms with Gasteiger partial charge in [-0.2, -0.15) is 9.40 Å². The summed E-state index contributed by atoms with van der Waals surface area (Å²) in [6.45, 7) is 3.13. The molecule has 1 atom stereocenters. The van der Waals surface area contributed by atoms with Gasteiger partial charge in [-0.3, -0.25) is 9.89 Å². The highest BCUT2D eigenvalue weighted by molar-refractivity contribution is 7.91. The predicted molar refractivity (Wildman–Crippen MR) is 96.2 cm³/mol. The topological polar surface area (TPSA) is 100 Å². The number of carbonyl (C=O) groups excluding carboxylic acids is 1. The van der Waals surface area contributed by atoms with Gasteiger partial charge in [0.2, 0.25) is 5.91 Å². The van der Waals surface area contributed by atoms with E-state index in [-0.39, 0.29) is 16.7 Å². The lowest BCUT2D eigenvalue weighted by molar-refractivity contribution is -0.124. The van der Waals surface area contributed by atoms with Crippen molar-refractivity contribution in [2.45, 2.75) is 43.1 Å². The van der Waals surface area contributed by atoms with Crippen LogP contribution in [-0.2, 0) is 27.9 Å². The van der Waals surface area contributed by atoms with Crippen molar-refractivity contribution in [2.75, 3.05) is 6.54 Å². The zero-order valence-electron chi connectivity index (χ0n) is 13.6. The molecule has 2 aromatic rings. The zero-order chi connectivity index (χ0) is 18.0. The minimum atomic E-state index is -3.63. The molecule has 0 saturated carbocycles. The van der Waals surface area contributed by atoms with Gasteiger partial charge in [-0.1, -0.05) is 6.07 Å². The second-order valence-corrected chi connectivity index (χ2v) is 9.06. The number of carbonyl (C=O) groups is 1. The van der Waals surface area contributed by atoms with Gasteiger partial charge < -0.3 is 9.88 Å². The summed E-state index contributed by atoms with van der Waals surface area (Å²) in [5, 5.41) is 11.3. The van der Waals surface area contributed by atoms with Gasteiger partial charge >= 0.3 is 0 Å². The standard InChI is InChI=1S/C14H19N5O3S3/c1-2-18-11(16-17-14(18)23)9-15-13(20)10-5-3-7-19(10)25(21,22)12-6-4-8-24-12/h4,6,8,10H,2-3,5,7,9H2,1H3,(H,15,20)(H,17,23). The van der Waals surface area contributed by atoms with E-state index < -0.39 is 16.1 Å². The van der Waals surface area contributed by atoms with Crippen LogP contribution in [0.15, 0.2) is 21.7 Å². The van der Waals surface area contributed by atoms with E-state index in [2.05, 4.69) is 15.5 Å². The van der Waals surface area contributed by atoms with Crippen LogP contribution < -0.4 is 5.32 Å². The molecular weight excluding hydrogens is 382 g/mol. The number of aromatic amines is 1. The molecule has 25 heavy (non-hydrogen) atoms. The van der Waals surface area contributed by atoms with Gasteiger partial charge in [-0.15, -0.1) is 11.3 Å². The Kier molecular flexibility index (Phi) is 5.37. The molecule has 3 heterocycles. The number of nitrogens with zero attached hydrogens (tertiary/aromatic N) is 3. The van der Waals surface area contributed by atoms with Crippen LogP contribution >= 0.6 is 23.6 Å². The highest BCUT2D eigenvalue weighted by Crippen LogP contribution is 2.28. The van der Waals surface area contributed by atoms with Crippen LogP contribution in [0.3, 0.4) is 0 Å². The number of hydrogen-bond acceptors (Lipinski definition) is 6. The number of rotatable bonds is 6. The lowest BCUT2D eigenvalue weighted by Crippen LogP contribution is -2.45. The highest BCUT2D eigenvalue weighted by atomic mass is 32.2. The smallest absolute Gasteiger partial charge is 0.253 e. The SMILES string of the molecule is CCn1c(CNC(=O)C2CCCN2S(=O)(=O)c2cccs2)n[nH]c1=S. The largest absolute Gasteiger partial charge is 0.347 e. The molecule has 1 aliphatic heterocycles. The summed E-state index contributed by atoms with van der Waals surface area (Å²) in [7, 11) is -3.63. The average molecular weight is 402 g/mol. The average Bonchev–Trinajstić information content (AvgIpc) is 3.32. The highest BCUT2D eigenvalue weighted by Gasteiger charge is 2.39. The molecule has 1 fully saturated rings. The van der Waals surface area contributed by atoms with Crippen molar-refractivity contribution in [2.24, 2.45) is 0 Å². The van der Waals surface area contributed by atoms with Crippen molar-refractivity contribution in [3.63, 3.8) is 0 Å². The molecule has 11 heteroatoms. The van der Waals surface area contributed by atoms with Crippen LogP contribution in [0, 0.1) is 4.77 Å². The van der Waals surface area contributed by atoms with Gasteiger partial charge in [0, 0.05) is 13.1 Å². The van der Waals surface area contributed by atoms with Gasteiger partial charge in [0.05, 0.1) is 6.54 Å². The Labute approximate surface area is 154 Å². The summed E-state index contributed by atoms with van der Waals surface area (Å²) in [5.41, 5.74) is 0. The lowest BCUT2D eigenvalue weighted by Gasteiger charge is -2.22. The first-order valence-electron chi connectivity index (χ1n) is 7.92. The van der Waals surface area contributed by atoms with E-state index in [1.165, 1.54) is 4.31 Å². The third kappa shape index (κ3) is 3.54. The molecule has 0 spiro atoms. The first-order chi connectivity index (χ1) is 11.9. The Morgan fingerprint density at radius 2 is 2.36 bits per heavy atom. The van der Waals surface area contributed by atoms with Gasteiger partial charge in [0.25, 0.3) is 10.0 Å². The molecular formula is C14H19N5O3S3. The van der Waals surface area contributed by atoms with Crippen molar-refractivity contribution in [3.8, 4) is 0 Å². The molecule has 0 aromatic carbocycles. The van der Waals surface area contributed by atoms with E-state index in [1.807, 2.05) is 6.92 Å². The quantitative estimate of drug-likeness (QED) is 0.715. The Morgan fingerprint density at radius 3 is 3.04 bits per heavy atom. The van der Waals surface area contributed by atoms with E-state index in [4.69, 9.17) is 12.2 Å². The second kappa shape index (κ2) is 7.36. The molecule has 136 valence electrons. The second-order valence-electron chi connectivity index (χ2n) is 5.61. The molecule has 1 saturated heterocycles. The maximum Gasteiger partial charge on any atom is 0.253 e. The number of hydrogen-bond donors (Lipinski definition) is 2. The summed E-state index contributed by atoms with van der Waals surface area (Å²) in [6.07, 6.45) is 1.17. The van der Waals surface area contributed by atoms with Crippen LogP contribution in [0.1, 0.15) is 25.6 Å². The normalized spacial score (nSPS) is 18.5.